The van der Waals surface area contributed by atoms with Crippen LogP contribution in [0, 0.1) is 0 Å². The van der Waals surface area contributed by atoms with Gasteiger partial charge in [0.05, 0.1) is 13.2 Å². The Bertz CT molecular complexity index is 349. The lowest BCUT2D eigenvalue weighted by atomic mass is 10.1. The Morgan fingerprint density at radius 3 is 1.16 bits per heavy atom. The van der Waals surface area contributed by atoms with Gasteiger partial charge < -0.3 is 9.05 Å². The van der Waals surface area contributed by atoms with E-state index in [0.717, 1.165) is 25.0 Å². The van der Waals surface area contributed by atoms with Crippen LogP contribution in [0.5, 0.6) is 0 Å². The maximum Gasteiger partial charge on any atom is 0.389 e. The van der Waals surface area contributed by atoms with Crippen molar-refractivity contribution in [3.8, 4) is 0 Å². The van der Waals surface area contributed by atoms with Crippen molar-refractivity contribution in [2.75, 3.05) is 19.0 Å². The highest BCUT2D eigenvalue weighted by atomic mass is 32.7. The van der Waals surface area contributed by atoms with Gasteiger partial charge in [0.25, 0.3) is 0 Å². The van der Waals surface area contributed by atoms with Gasteiger partial charge in [-0.1, -0.05) is 136 Å². The molecule has 32 heavy (non-hydrogen) atoms. The molecule has 0 spiro atoms. The Morgan fingerprint density at radius 2 is 0.781 bits per heavy atom. The van der Waals surface area contributed by atoms with Crippen LogP contribution in [-0.4, -0.2) is 19.0 Å². The molecule has 0 radical (unpaired) electrons. The number of hydrogen-bond donors (Lipinski definition) is 0. The molecule has 0 bridgehead atoms. The summed E-state index contributed by atoms with van der Waals surface area (Å²) in [7, 11) is 0. The summed E-state index contributed by atoms with van der Waals surface area (Å²) in [4.78, 5) is 0. The zero-order chi connectivity index (χ0) is 23.6. The van der Waals surface area contributed by atoms with Gasteiger partial charge in [0.15, 0.2) is 0 Å². The van der Waals surface area contributed by atoms with Gasteiger partial charge in [-0.2, -0.15) is 0 Å². The van der Waals surface area contributed by atoms with Crippen molar-refractivity contribution < 1.29 is 13.6 Å². The lowest BCUT2D eigenvalue weighted by Crippen LogP contribution is -1.99. The Morgan fingerprint density at radius 1 is 0.469 bits per heavy atom. The fraction of sp³-hybridized carbons (Fsp3) is 1.00. The van der Waals surface area contributed by atoms with Crippen molar-refractivity contribution in [3.63, 3.8) is 0 Å². The summed E-state index contributed by atoms with van der Waals surface area (Å²) in [5.41, 5.74) is 0. The first-order valence-corrected chi connectivity index (χ1v) is 17.4. The van der Waals surface area contributed by atoms with Gasteiger partial charge in [-0.25, -0.2) is 4.57 Å². The monoisotopic (exact) mass is 492 g/mol. The van der Waals surface area contributed by atoms with Crippen molar-refractivity contribution >= 4 is 18.2 Å². The molecule has 0 saturated heterocycles. The molecule has 0 amide bonds. The summed E-state index contributed by atoms with van der Waals surface area (Å²) in [5, 5.41) is 0. The molecule has 0 N–H and O–H groups in total. The van der Waals surface area contributed by atoms with E-state index in [1.165, 1.54) is 127 Å². The smallest absolute Gasteiger partial charge is 0.301 e. The number of rotatable bonds is 27. The first-order chi connectivity index (χ1) is 15.7. The Kier molecular flexibility index (Phi) is 26.5. The zero-order valence-corrected chi connectivity index (χ0v) is 23.8. The van der Waals surface area contributed by atoms with Gasteiger partial charge >= 0.3 is 6.80 Å². The molecule has 0 aliphatic carbocycles. The van der Waals surface area contributed by atoms with E-state index in [9.17, 15) is 4.57 Å². The van der Waals surface area contributed by atoms with Gasteiger partial charge in [-0.05, 0) is 30.6 Å². The molecule has 0 aliphatic rings. The van der Waals surface area contributed by atoms with Crippen molar-refractivity contribution in [2.24, 2.45) is 0 Å². The number of hydrogen-bond acceptors (Lipinski definition) is 4. The van der Waals surface area contributed by atoms with Gasteiger partial charge in [-0.15, -0.1) is 0 Å². The van der Waals surface area contributed by atoms with Crippen LogP contribution in [0.15, 0.2) is 0 Å². The lowest BCUT2D eigenvalue weighted by Gasteiger charge is -2.18. The molecule has 0 aromatic carbocycles. The van der Waals surface area contributed by atoms with E-state index in [2.05, 4.69) is 20.8 Å². The zero-order valence-electron chi connectivity index (χ0n) is 22.1. The minimum Gasteiger partial charge on any atom is -0.301 e. The maximum atomic E-state index is 13.3. The van der Waals surface area contributed by atoms with Crippen LogP contribution in [0.25, 0.3) is 0 Å². The first-order valence-electron chi connectivity index (χ1n) is 14.2. The molecule has 0 fully saturated rings. The van der Waals surface area contributed by atoms with Gasteiger partial charge in [-0.3, -0.25) is 0 Å². The van der Waals surface area contributed by atoms with Crippen molar-refractivity contribution in [3.05, 3.63) is 0 Å². The van der Waals surface area contributed by atoms with Crippen LogP contribution in [0.4, 0.5) is 0 Å². The topological polar surface area (TPSA) is 35.5 Å². The summed E-state index contributed by atoms with van der Waals surface area (Å²) in [6.45, 7) is 4.91. The largest absolute Gasteiger partial charge is 0.389 e. The molecule has 194 valence electrons. The summed E-state index contributed by atoms with van der Waals surface area (Å²) < 4.78 is 25.0. The third kappa shape index (κ3) is 23.7. The quantitative estimate of drug-likeness (QED) is 0.0843. The third-order valence-corrected chi connectivity index (χ3v) is 9.91. The second kappa shape index (κ2) is 26.1. The third-order valence-electron chi connectivity index (χ3n) is 5.99. The van der Waals surface area contributed by atoms with E-state index in [0.29, 0.717) is 13.2 Å². The highest BCUT2D eigenvalue weighted by Gasteiger charge is 2.25. The Balaban J connectivity index is 4.06. The maximum absolute atomic E-state index is 13.3. The molecule has 0 aromatic rings. The molecule has 5 heteroatoms. The molecule has 0 aromatic heterocycles. The normalized spacial score (nSPS) is 12.0. The molecule has 3 nitrogen and oxygen atoms in total. The summed E-state index contributed by atoms with van der Waals surface area (Å²) in [5.74, 6) is 0.888. The lowest BCUT2D eigenvalue weighted by molar-refractivity contribution is 0.212. The summed E-state index contributed by atoms with van der Waals surface area (Å²) in [6.07, 6.45) is 26.4. The standard InChI is InChI=1S/C27H57O3PS/c1-4-7-10-13-16-19-22-25-29-31(28,30-26-23-20-17-14-11-8-5-2)32-27-24-21-18-15-12-9-6-3/h4-27H2,1-3H3. The minimum absolute atomic E-state index is 0.575. The van der Waals surface area contributed by atoms with E-state index in [4.69, 9.17) is 9.05 Å². The highest BCUT2D eigenvalue weighted by Crippen LogP contribution is 2.61. The van der Waals surface area contributed by atoms with Crippen molar-refractivity contribution in [2.45, 2.75) is 156 Å². The van der Waals surface area contributed by atoms with Crippen molar-refractivity contribution in [1.82, 2.24) is 0 Å². The Hall–Kier alpha value is 0.500. The van der Waals surface area contributed by atoms with Crippen LogP contribution < -0.4 is 0 Å². The molecule has 0 atom stereocenters. The molecule has 0 rings (SSSR count). The SMILES string of the molecule is CCCCCCCCCOP(=O)(OCCCCCCCCC)SCCCCCCCCC. The molecule has 0 unspecified atom stereocenters. The summed E-state index contributed by atoms with van der Waals surface area (Å²) in [6, 6.07) is 0. The molecule has 0 aliphatic heterocycles. The van der Waals surface area contributed by atoms with E-state index in [1.807, 2.05) is 0 Å². The van der Waals surface area contributed by atoms with Crippen LogP contribution >= 0.6 is 18.2 Å². The van der Waals surface area contributed by atoms with Crippen LogP contribution in [0.3, 0.4) is 0 Å². The average Bonchev–Trinajstić information content (AvgIpc) is 2.79. The van der Waals surface area contributed by atoms with Crippen LogP contribution in [0.2, 0.25) is 0 Å². The van der Waals surface area contributed by atoms with Crippen LogP contribution in [0.1, 0.15) is 156 Å². The predicted molar refractivity (Wildman–Crippen MR) is 146 cm³/mol. The van der Waals surface area contributed by atoms with E-state index < -0.39 is 6.80 Å². The molecular formula is C27H57O3PS. The average molecular weight is 493 g/mol. The second-order valence-electron chi connectivity index (χ2n) is 9.31. The second-order valence-corrected chi connectivity index (χ2v) is 13.5. The molecule has 0 saturated carbocycles. The molecule has 0 heterocycles. The van der Waals surface area contributed by atoms with Crippen molar-refractivity contribution in [1.29, 1.82) is 0 Å². The fourth-order valence-electron chi connectivity index (χ4n) is 3.82. The van der Waals surface area contributed by atoms with E-state index >= 15 is 0 Å². The van der Waals surface area contributed by atoms with E-state index in [1.54, 1.807) is 0 Å². The Labute approximate surface area is 206 Å². The van der Waals surface area contributed by atoms with Crippen LogP contribution in [-0.2, 0) is 13.6 Å². The first kappa shape index (κ1) is 32.5. The fourth-order valence-corrected chi connectivity index (χ4v) is 7.26. The minimum atomic E-state index is -3.00. The number of unbranched alkanes of at least 4 members (excludes halogenated alkanes) is 18. The van der Waals surface area contributed by atoms with Gasteiger partial charge in [0, 0.05) is 5.75 Å². The van der Waals surface area contributed by atoms with Gasteiger partial charge in [0.1, 0.15) is 0 Å². The van der Waals surface area contributed by atoms with E-state index in [-0.39, 0.29) is 0 Å². The molecular weight excluding hydrogens is 435 g/mol. The van der Waals surface area contributed by atoms with Gasteiger partial charge in [0.2, 0.25) is 0 Å². The highest BCUT2D eigenvalue weighted by molar-refractivity contribution is 8.55. The predicted octanol–water partition coefficient (Wildman–Crippen LogP) is 11.1. The summed E-state index contributed by atoms with van der Waals surface area (Å²) >= 11 is 1.45.